The lowest BCUT2D eigenvalue weighted by molar-refractivity contribution is -0.146. The summed E-state index contributed by atoms with van der Waals surface area (Å²) in [5, 5.41) is 4.01. The zero-order valence-corrected chi connectivity index (χ0v) is 16.9. The Morgan fingerprint density at radius 1 is 1.23 bits per heavy atom. The number of nitrogen functional groups attached to an aromatic ring is 1. The maximum atomic E-state index is 13.1. The molecule has 2 aliphatic heterocycles. The number of aryl methyl sites for hydroxylation is 1. The molecule has 2 unspecified atom stereocenters. The standard InChI is InChI=1S/C22H23N5O3/c1-12-3-6-18(14-4-5-17-15(8-14)9-19(28)26-17)27(11-12)22(30)21(29)25-16-7-13(2)20(23)24-10-16/h4-5,7-10,12,18H,3,6,11H2,1-2H3,(H2,23,24)(H,25,29). The Hall–Kier alpha value is -3.55. The highest BCUT2D eigenvalue weighted by Crippen LogP contribution is 2.33. The van der Waals surface area contributed by atoms with Crippen LogP contribution in [0.15, 0.2) is 35.5 Å². The summed E-state index contributed by atoms with van der Waals surface area (Å²) < 4.78 is 0. The van der Waals surface area contributed by atoms with Gasteiger partial charge in [-0.05, 0) is 55.0 Å². The van der Waals surface area contributed by atoms with Crippen LogP contribution in [0.3, 0.4) is 0 Å². The summed E-state index contributed by atoms with van der Waals surface area (Å²) in [6.07, 6.45) is 4.61. The minimum absolute atomic E-state index is 0.236. The van der Waals surface area contributed by atoms with Crippen LogP contribution in [0.4, 0.5) is 11.5 Å². The smallest absolute Gasteiger partial charge is 0.313 e. The summed E-state index contributed by atoms with van der Waals surface area (Å²) in [5.74, 6) is -0.915. The van der Waals surface area contributed by atoms with Crippen molar-refractivity contribution in [2.45, 2.75) is 32.7 Å². The molecule has 2 atom stereocenters. The number of carbonyl (C=O) groups excluding carboxylic acids is 3. The lowest BCUT2D eigenvalue weighted by Crippen LogP contribution is -2.46. The fourth-order valence-electron chi connectivity index (χ4n) is 3.97. The first-order valence-corrected chi connectivity index (χ1v) is 9.90. The number of piperidine rings is 1. The Labute approximate surface area is 173 Å². The molecule has 8 heteroatoms. The molecule has 1 fully saturated rings. The van der Waals surface area contributed by atoms with Crippen LogP contribution >= 0.6 is 0 Å². The number of aromatic nitrogens is 1. The third-order valence-corrected chi connectivity index (χ3v) is 5.60. The minimum Gasteiger partial charge on any atom is -0.383 e. The fraction of sp³-hybridized carbons (Fsp3) is 0.318. The predicted molar refractivity (Wildman–Crippen MR) is 112 cm³/mol. The third kappa shape index (κ3) is 3.80. The number of nitrogens with one attached hydrogen (secondary N) is 1. The first-order valence-electron chi connectivity index (χ1n) is 9.90. The van der Waals surface area contributed by atoms with Gasteiger partial charge in [0.05, 0.1) is 23.3 Å². The molecule has 1 aromatic carbocycles. The molecule has 3 N–H and O–H groups in total. The molecule has 8 nitrogen and oxygen atoms in total. The van der Waals surface area contributed by atoms with Gasteiger partial charge >= 0.3 is 11.8 Å². The van der Waals surface area contributed by atoms with Crippen LogP contribution in [0.2, 0.25) is 0 Å². The highest BCUT2D eigenvalue weighted by atomic mass is 16.2. The van der Waals surface area contributed by atoms with E-state index in [-0.39, 0.29) is 17.9 Å². The molecule has 1 aromatic heterocycles. The van der Waals surface area contributed by atoms with Crippen molar-refractivity contribution < 1.29 is 14.4 Å². The van der Waals surface area contributed by atoms with E-state index in [1.165, 1.54) is 12.3 Å². The number of rotatable bonds is 2. The lowest BCUT2D eigenvalue weighted by atomic mass is 9.89. The Morgan fingerprint density at radius 3 is 2.80 bits per heavy atom. The molecule has 4 rings (SSSR count). The summed E-state index contributed by atoms with van der Waals surface area (Å²) in [5.41, 5.74) is 7.75. The van der Waals surface area contributed by atoms with Gasteiger partial charge in [0.1, 0.15) is 5.82 Å². The van der Waals surface area contributed by atoms with Gasteiger partial charge in [0, 0.05) is 17.8 Å². The first kappa shape index (κ1) is 19.8. The maximum absolute atomic E-state index is 13.1. The van der Waals surface area contributed by atoms with Gasteiger partial charge in [0.15, 0.2) is 0 Å². The number of benzene rings is 1. The van der Waals surface area contributed by atoms with E-state index in [9.17, 15) is 14.4 Å². The Balaban J connectivity index is 1.59. The number of carbonyl (C=O) groups is 3. The van der Waals surface area contributed by atoms with E-state index in [0.717, 1.165) is 29.2 Å². The van der Waals surface area contributed by atoms with E-state index >= 15 is 0 Å². The molecule has 154 valence electrons. The largest absolute Gasteiger partial charge is 0.383 e. The van der Waals surface area contributed by atoms with Gasteiger partial charge in [-0.25, -0.2) is 9.98 Å². The van der Waals surface area contributed by atoms with Crippen molar-refractivity contribution in [3.8, 4) is 0 Å². The average Bonchev–Trinajstić information content (AvgIpc) is 3.09. The van der Waals surface area contributed by atoms with Gasteiger partial charge in [-0.3, -0.25) is 14.4 Å². The number of fused-ring (bicyclic) bond motifs is 1. The molecule has 3 amide bonds. The summed E-state index contributed by atoms with van der Waals surface area (Å²) in [6.45, 7) is 4.33. The predicted octanol–water partition coefficient (Wildman–Crippen LogP) is 0.851. The van der Waals surface area contributed by atoms with E-state index < -0.39 is 11.8 Å². The molecular formula is C22H23N5O3. The van der Waals surface area contributed by atoms with Crippen LogP contribution in [0, 0.1) is 12.8 Å². The van der Waals surface area contributed by atoms with Crippen molar-refractivity contribution in [2.24, 2.45) is 10.9 Å². The quantitative estimate of drug-likeness (QED) is 0.719. The lowest BCUT2D eigenvalue weighted by Gasteiger charge is -2.38. The van der Waals surface area contributed by atoms with Crippen LogP contribution in [-0.2, 0) is 14.4 Å². The third-order valence-electron chi connectivity index (χ3n) is 5.60. The second-order valence-electron chi connectivity index (χ2n) is 7.95. The molecular weight excluding hydrogens is 382 g/mol. The highest BCUT2D eigenvalue weighted by molar-refractivity contribution is 6.39. The maximum Gasteiger partial charge on any atom is 0.313 e. The van der Waals surface area contributed by atoms with Crippen LogP contribution in [0.1, 0.15) is 36.9 Å². The molecule has 3 heterocycles. The van der Waals surface area contributed by atoms with Crippen molar-refractivity contribution in [1.29, 1.82) is 0 Å². The van der Waals surface area contributed by atoms with Gasteiger partial charge in [0.2, 0.25) is 0 Å². The van der Waals surface area contributed by atoms with Crippen LogP contribution in [0.5, 0.6) is 0 Å². The molecule has 0 saturated carbocycles. The molecule has 2 aromatic rings. The minimum atomic E-state index is -0.710. The van der Waals surface area contributed by atoms with Gasteiger partial charge in [0.25, 0.3) is 5.91 Å². The van der Waals surface area contributed by atoms with E-state index in [0.29, 0.717) is 23.4 Å². The van der Waals surface area contributed by atoms with Crippen molar-refractivity contribution in [2.75, 3.05) is 17.6 Å². The van der Waals surface area contributed by atoms with Crippen molar-refractivity contribution in [3.05, 3.63) is 52.2 Å². The van der Waals surface area contributed by atoms with Crippen molar-refractivity contribution in [1.82, 2.24) is 9.88 Å². The summed E-state index contributed by atoms with van der Waals surface area (Å²) in [6, 6.07) is 6.99. The molecule has 0 aliphatic carbocycles. The SMILES string of the molecule is Cc1cc(NC(=O)C(=O)N2CC(C)CCC2c2ccc3c(c2)=CC(=O)N=3)cnc1N. The van der Waals surface area contributed by atoms with Crippen LogP contribution in [-0.4, -0.2) is 34.2 Å². The zero-order chi connectivity index (χ0) is 21.4. The number of hydrogen-bond donors (Lipinski definition) is 2. The van der Waals surface area contributed by atoms with Gasteiger partial charge in [-0.15, -0.1) is 0 Å². The van der Waals surface area contributed by atoms with E-state index in [1.54, 1.807) is 24.0 Å². The number of pyridine rings is 1. The molecule has 0 radical (unpaired) electrons. The summed E-state index contributed by atoms with van der Waals surface area (Å²) >= 11 is 0. The topological polar surface area (TPSA) is 118 Å². The molecule has 0 spiro atoms. The van der Waals surface area contributed by atoms with Crippen LogP contribution in [0.25, 0.3) is 6.08 Å². The van der Waals surface area contributed by atoms with Crippen molar-refractivity contribution in [3.63, 3.8) is 0 Å². The van der Waals surface area contributed by atoms with Crippen molar-refractivity contribution >= 4 is 35.3 Å². The molecule has 30 heavy (non-hydrogen) atoms. The number of amides is 3. The number of anilines is 2. The number of nitrogens with zero attached hydrogens (tertiary/aromatic N) is 3. The summed E-state index contributed by atoms with van der Waals surface area (Å²) in [4.78, 5) is 46.9. The Morgan fingerprint density at radius 2 is 2.03 bits per heavy atom. The number of likely N-dealkylation sites (tertiary alicyclic amines) is 1. The Bertz CT molecular complexity index is 1170. The van der Waals surface area contributed by atoms with Gasteiger partial charge < -0.3 is 16.0 Å². The van der Waals surface area contributed by atoms with Crippen LogP contribution < -0.4 is 21.6 Å². The molecule has 1 saturated heterocycles. The van der Waals surface area contributed by atoms with E-state index in [1.807, 2.05) is 12.1 Å². The summed E-state index contributed by atoms with van der Waals surface area (Å²) in [7, 11) is 0. The molecule has 0 bridgehead atoms. The number of hydrogen-bond acceptors (Lipinski definition) is 5. The molecule has 2 aliphatic rings. The normalized spacial score (nSPS) is 20.2. The monoisotopic (exact) mass is 405 g/mol. The van der Waals surface area contributed by atoms with Gasteiger partial charge in [-0.1, -0.05) is 13.0 Å². The second kappa shape index (κ2) is 7.70. The average molecular weight is 405 g/mol. The van der Waals surface area contributed by atoms with Gasteiger partial charge in [-0.2, -0.15) is 0 Å². The first-order chi connectivity index (χ1) is 14.3. The Kier molecular flexibility index (Phi) is 5.07. The van der Waals surface area contributed by atoms with E-state index in [2.05, 4.69) is 22.2 Å². The van der Waals surface area contributed by atoms with E-state index in [4.69, 9.17) is 5.73 Å². The number of nitrogens with two attached hydrogens (primary N) is 1. The second-order valence-corrected chi connectivity index (χ2v) is 7.95. The zero-order valence-electron chi connectivity index (χ0n) is 16.9. The highest BCUT2D eigenvalue weighted by Gasteiger charge is 2.34. The fourth-order valence-corrected chi connectivity index (χ4v) is 3.97.